The van der Waals surface area contributed by atoms with Crippen molar-refractivity contribution in [2.75, 3.05) is 13.1 Å². The first-order chi connectivity index (χ1) is 14.0. The van der Waals surface area contributed by atoms with Gasteiger partial charge in [0.2, 0.25) is 0 Å². The molecule has 0 aliphatic carbocycles. The molecule has 2 amide bonds. The summed E-state index contributed by atoms with van der Waals surface area (Å²) in [4.78, 5) is 24.1. The first-order valence-corrected chi connectivity index (χ1v) is 8.84. The van der Waals surface area contributed by atoms with Crippen LogP contribution in [0.3, 0.4) is 0 Å². The quantitative estimate of drug-likeness (QED) is 0.507. The monoisotopic (exact) mass is 398 g/mol. The predicted octanol–water partition coefficient (Wildman–Crippen LogP) is 2.86. The molecule has 8 heteroatoms. The lowest BCUT2D eigenvalue weighted by Gasteiger charge is -2.07. The number of phenols is 1. The highest BCUT2D eigenvalue weighted by Crippen LogP contribution is 2.16. The number of hydrogen-bond acceptors (Lipinski definition) is 5. The van der Waals surface area contributed by atoms with Crippen LogP contribution in [0.4, 0.5) is 4.39 Å². The number of phenolic OH excluding ortho intramolecular Hbond substituents is 1. The Bertz CT molecular complexity index is 985. The van der Waals surface area contributed by atoms with Gasteiger partial charge in [-0.3, -0.25) is 9.59 Å². The van der Waals surface area contributed by atoms with Crippen LogP contribution in [0.1, 0.15) is 26.7 Å². The van der Waals surface area contributed by atoms with Crippen LogP contribution in [0.15, 0.2) is 65.1 Å². The maximum absolute atomic E-state index is 12.9. The number of aromatic hydroxyl groups is 1. The van der Waals surface area contributed by atoms with Gasteiger partial charge in [-0.1, -0.05) is 12.1 Å². The first-order valence-electron chi connectivity index (χ1n) is 8.84. The maximum atomic E-state index is 12.9. The molecule has 0 bridgehead atoms. The molecule has 0 saturated carbocycles. The fourth-order valence-electron chi connectivity index (χ4n) is 2.46. The number of benzene rings is 2. The lowest BCUT2D eigenvalue weighted by Crippen LogP contribution is -2.34. The Labute approximate surface area is 166 Å². The van der Waals surface area contributed by atoms with Crippen LogP contribution in [-0.2, 0) is 6.61 Å². The van der Waals surface area contributed by atoms with Gasteiger partial charge in [-0.05, 0) is 48.5 Å². The van der Waals surface area contributed by atoms with E-state index < -0.39 is 11.8 Å². The Balaban J connectivity index is 1.41. The number of hydrogen-bond donors (Lipinski definition) is 3. The number of carbonyl (C=O) groups excluding carboxylic acids is 2. The van der Waals surface area contributed by atoms with Gasteiger partial charge in [-0.25, -0.2) is 4.39 Å². The molecule has 3 aromatic rings. The van der Waals surface area contributed by atoms with E-state index >= 15 is 0 Å². The van der Waals surface area contributed by atoms with Crippen molar-refractivity contribution >= 4 is 11.8 Å². The van der Waals surface area contributed by atoms with E-state index in [1.165, 1.54) is 42.5 Å². The third-order valence-electron chi connectivity index (χ3n) is 3.92. The number of amides is 2. The maximum Gasteiger partial charge on any atom is 0.287 e. The molecule has 2 aromatic carbocycles. The molecule has 3 rings (SSSR count). The molecular weight excluding hydrogens is 379 g/mol. The SMILES string of the molecule is O=C(NCCNC(=O)c1ccccc1O)c1ccc(COc2ccc(F)cc2)o1. The van der Waals surface area contributed by atoms with Crippen LogP contribution in [0.2, 0.25) is 0 Å². The summed E-state index contributed by atoms with van der Waals surface area (Å²) in [6, 6.07) is 14.9. The number of para-hydroxylation sites is 1. The Morgan fingerprint density at radius 1 is 0.931 bits per heavy atom. The third kappa shape index (κ3) is 5.58. The van der Waals surface area contributed by atoms with Gasteiger partial charge in [0.25, 0.3) is 11.8 Å². The molecule has 150 valence electrons. The van der Waals surface area contributed by atoms with E-state index in [-0.39, 0.29) is 42.6 Å². The molecule has 0 aliphatic heterocycles. The normalized spacial score (nSPS) is 10.4. The smallest absolute Gasteiger partial charge is 0.287 e. The largest absolute Gasteiger partial charge is 0.507 e. The Kier molecular flexibility index (Phi) is 6.47. The van der Waals surface area contributed by atoms with Crippen molar-refractivity contribution in [3.05, 3.63) is 83.6 Å². The van der Waals surface area contributed by atoms with E-state index in [1.54, 1.807) is 18.2 Å². The van der Waals surface area contributed by atoms with Crippen LogP contribution in [0, 0.1) is 5.82 Å². The second-order valence-electron chi connectivity index (χ2n) is 6.04. The molecule has 0 unspecified atom stereocenters. The molecule has 0 atom stereocenters. The second kappa shape index (κ2) is 9.41. The van der Waals surface area contributed by atoms with Gasteiger partial charge in [0.1, 0.15) is 29.7 Å². The zero-order chi connectivity index (χ0) is 20.6. The van der Waals surface area contributed by atoms with Gasteiger partial charge in [-0.2, -0.15) is 0 Å². The number of ether oxygens (including phenoxy) is 1. The van der Waals surface area contributed by atoms with Crippen molar-refractivity contribution in [1.29, 1.82) is 0 Å². The Hall–Kier alpha value is -3.81. The average molecular weight is 398 g/mol. The average Bonchev–Trinajstić information content (AvgIpc) is 3.20. The summed E-state index contributed by atoms with van der Waals surface area (Å²) in [6.07, 6.45) is 0. The summed E-state index contributed by atoms with van der Waals surface area (Å²) in [5.74, 6) is -0.312. The zero-order valence-electron chi connectivity index (χ0n) is 15.4. The van der Waals surface area contributed by atoms with E-state index in [0.717, 1.165) is 0 Å². The van der Waals surface area contributed by atoms with Crippen molar-refractivity contribution in [2.45, 2.75) is 6.61 Å². The molecular formula is C21H19FN2O5. The molecule has 1 aromatic heterocycles. The highest BCUT2D eigenvalue weighted by atomic mass is 19.1. The molecule has 0 spiro atoms. The van der Waals surface area contributed by atoms with E-state index in [0.29, 0.717) is 11.5 Å². The van der Waals surface area contributed by atoms with Crippen LogP contribution in [-0.4, -0.2) is 30.0 Å². The van der Waals surface area contributed by atoms with Gasteiger partial charge in [0, 0.05) is 13.1 Å². The molecule has 3 N–H and O–H groups in total. The summed E-state index contributed by atoms with van der Waals surface area (Å²) in [7, 11) is 0. The summed E-state index contributed by atoms with van der Waals surface area (Å²) in [6.45, 7) is 0.454. The summed E-state index contributed by atoms with van der Waals surface area (Å²) >= 11 is 0. The zero-order valence-corrected chi connectivity index (χ0v) is 15.4. The lowest BCUT2D eigenvalue weighted by atomic mass is 10.2. The standard InChI is InChI=1S/C21H19FN2O5/c22-14-5-7-15(8-6-14)28-13-16-9-10-19(29-16)21(27)24-12-11-23-20(26)17-3-1-2-4-18(17)25/h1-10,25H,11-13H2,(H,23,26)(H,24,27). The highest BCUT2D eigenvalue weighted by Gasteiger charge is 2.12. The van der Waals surface area contributed by atoms with Crippen LogP contribution in [0.25, 0.3) is 0 Å². The fourth-order valence-corrected chi connectivity index (χ4v) is 2.46. The predicted molar refractivity (Wildman–Crippen MR) is 102 cm³/mol. The molecule has 0 fully saturated rings. The minimum Gasteiger partial charge on any atom is -0.507 e. The molecule has 0 aliphatic rings. The van der Waals surface area contributed by atoms with E-state index in [4.69, 9.17) is 9.15 Å². The third-order valence-corrected chi connectivity index (χ3v) is 3.92. The van der Waals surface area contributed by atoms with Crippen LogP contribution in [0.5, 0.6) is 11.5 Å². The number of halogens is 1. The van der Waals surface area contributed by atoms with Crippen molar-refractivity contribution in [1.82, 2.24) is 10.6 Å². The van der Waals surface area contributed by atoms with Crippen molar-refractivity contribution < 1.29 is 28.2 Å². The van der Waals surface area contributed by atoms with Gasteiger partial charge in [0.15, 0.2) is 5.76 Å². The van der Waals surface area contributed by atoms with Gasteiger partial charge < -0.3 is 24.9 Å². The van der Waals surface area contributed by atoms with Gasteiger partial charge in [0.05, 0.1) is 5.56 Å². The Morgan fingerprint density at radius 3 is 2.34 bits per heavy atom. The number of nitrogens with one attached hydrogen (secondary N) is 2. The molecule has 1 heterocycles. The molecule has 29 heavy (non-hydrogen) atoms. The number of carbonyl (C=O) groups is 2. The second-order valence-corrected chi connectivity index (χ2v) is 6.04. The minimum absolute atomic E-state index is 0.0928. The molecule has 7 nitrogen and oxygen atoms in total. The number of furan rings is 1. The molecule has 0 radical (unpaired) electrons. The summed E-state index contributed by atoms with van der Waals surface area (Å²) in [5.41, 5.74) is 0.163. The summed E-state index contributed by atoms with van der Waals surface area (Å²) in [5, 5.41) is 14.9. The lowest BCUT2D eigenvalue weighted by molar-refractivity contribution is 0.0906. The van der Waals surface area contributed by atoms with Gasteiger partial charge >= 0.3 is 0 Å². The first kappa shape index (κ1) is 19.9. The fraction of sp³-hybridized carbons (Fsp3) is 0.143. The molecule has 0 saturated heterocycles. The van der Waals surface area contributed by atoms with Crippen LogP contribution < -0.4 is 15.4 Å². The topological polar surface area (TPSA) is 101 Å². The van der Waals surface area contributed by atoms with Crippen molar-refractivity contribution in [2.24, 2.45) is 0 Å². The highest BCUT2D eigenvalue weighted by molar-refractivity contribution is 5.96. The summed E-state index contributed by atoms with van der Waals surface area (Å²) < 4.78 is 23.7. The van der Waals surface area contributed by atoms with Crippen molar-refractivity contribution in [3.63, 3.8) is 0 Å². The minimum atomic E-state index is -0.435. The van der Waals surface area contributed by atoms with Crippen molar-refractivity contribution in [3.8, 4) is 11.5 Å². The number of rotatable bonds is 8. The Morgan fingerprint density at radius 2 is 1.62 bits per heavy atom. The van der Waals surface area contributed by atoms with E-state index in [1.807, 2.05) is 0 Å². The van der Waals surface area contributed by atoms with Crippen LogP contribution >= 0.6 is 0 Å². The van der Waals surface area contributed by atoms with E-state index in [9.17, 15) is 19.1 Å². The van der Waals surface area contributed by atoms with Gasteiger partial charge in [-0.15, -0.1) is 0 Å². The van der Waals surface area contributed by atoms with E-state index in [2.05, 4.69) is 10.6 Å².